The van der Waals surface area contributed by atoms with Crippen LogP contribution in [0.4, 0.5) is 5.82 Å². The Balaban J connectivity index is 1.85. The Morgan fingerprint density at radius 1 is 1.17 bits per heavy atom. The summed E-state index contributed by atoms with van der Waals surface area (Å²) < 4.78 is 7.05. The summed E-state index contributed by atoms with van der Waals surface area (Å²) in [5, 5.41) is 7.68. The molecule has 2 aromatic heterocycles. The average Bonchev–Trinajstić information content (AvgIpc) is 3.31. The molecule has 0 fully saturated rings. The summed E-state index contributed by atoms with van der Waals surface area (Å²) in [7, 11) is 0. The smallest absolute Gasteiger partial charge is 0.245 e. The van der Waals surface area contributed by atoms with Crippen LogP contribution in [0, 0.1) is 6.92 Å². The molecule has 1 aromatic carbocycles. The van der Waals surface area contributed by atoms with E-state index in [9.17, 15) is 9.59 Å². The number of aromatic nitrogens is 2. The number of nitrogens with one attached hydrogen (secondary N) is 1. The third-order valence-electron chi connectivity index (χ3n) is 4.80. The summed E-state index contributed by atoms with van der Waals surface area (Å²) in [4.78, 5) is 26.3. The number of aryl methyl sites for hydroxylation is 1. The number of carbonyl (C=O) groups is 2. The Bertz CT molecular complexity index is 1030. The van der Waals surface area contributed by atoms with Crippen molar-refractivity contribution in [1.29, 1.82) is 0 Å². The van der Waals surface area contributed by atoms with Crippen molar-refractivity contribution in [3.63, 3.8) is 0 Å². The van der Waals surface area contributed by atoms with Crippen LogP contribution in [-0.4, -0.2) is 33.0 Å². The van der Waals surface area contributed by atoms with Gasteiger partial charge in [0.25, 0.3) is 0 Å². The molecule has 0 aliphatic heterocycles. The number of hydrogen-bond donors (Lipinski definition) is 1. The lowest BCUT2D eigenvalue weighted by Gasteiger charge is -2.19. The number of para-hydroxylation sites is 1. The third-order valence-corrected chi connectivity index (χ3v) is 4.80. The first-order chi connectivity index (χ1) is 14.1. The summed E-state index contributed by atoms with van der Waals surface area (Å²) in [6, 6.07) is 13.3. The number of nitrogens with zero attached hydrogens (tertiary/aromatic N) is 3. The van der Waals surface area contributed by atoms with Crippen LogP contribution in [0.5, 0.6) is 0 Å². The first-order valence-electron chi connectivity index (χ1n) is 9.89. The van der Waals surface area contributed by atoms with Gasteiger partial charge in [0.2, 0.25) is 11.8 Å². The lowest BCUT2D eigenvalue weighted by molar-refractivity contribution is -0.133. The van der Waals surface area contributed by atoms with Crippen LogP contribution in [0.2, 0.25) is 0 Å². The molecule has 0 radical (unpaired) electrons. The zero-order valence-corrected chi connectivity index (χ0v) is 18.1. The largest absolute Gasteiger partial charge is 0.467 e. The molecule has 0 unspecified atom stereocenters. The fraction of sp³-hybridized carbons (Fsp3) is 0.348. The molecule has 0 aliphatic rings. The number of anilines is 1. The minimum Gasteiger partial charge on any atom is -0.467 e. The SMILES string of the molecule is CC(=O)N(CC(=O)Nc1cc(C(C)(C)C)nn1-c1ccccc1C)Cc1ccco1. The standard InChI is InChI=1S/C23H28N4O3/c1-16-9-6-7-11-19(16)27-21(13-20(25-27)23(3,4)5)24-22(29)15-26(17(2)28)14-18-10-8-12-30-18/h6-13H,14-15H2,1-5H3,(H,24,29). The van der Waals surface area contributed by atoms with E-state index in [4.69, 9.17) is 9.52 Å². The van der Waals surface area contributed by atoms with E-state index in [0.29, 0.717) is 11.6 Å². The number of furan rings is 1. The van der Waals surface area contributed by atoms with Crippen LogP contribution in [0.15, 0.2) is 53.1 Å². The molecule has 30 heavy (non-hydrogen) atoms. The van der Waals surface area contributed by atoms with Crippen molar-refractivity contribution in [2.45, 2.75) is 46.6 Å². The molecular formula is C23H28N4O3. The number of carbonyl (C=O) groups excluding carboxylic acids is 2. The summed E-state index contributed by atoms with van der Waals surface area (Å²) in [6.45, 7) is 9.81. The molecule has 0 aliphatic carbocycles. The highest BCUT2D eigenvalue weighted by molar-refractivity contribution is 5.94. The van der Waals surface area contributed by atoms with Gasteiger partial charge in [-0.05, 0) is 30.7 Å². The highest BCUT2D eigenvalue weighted by atomic mass is 16.3. The first-order valence-corrected chi connectivity index (χ1v) is 9.89. The molecule has 7 nitrogen and oxygen atoms in total. The molecule has 0 spiro atoms. The second-order valence-corrected chi connectivity index (χ2v) is 8.37. The van der Waals surface area contributed by atoms with Gasteiger partial charge in [-0.1, -0.05) is 39.0 Å². The summed E-state index contributed by atoms with van der Waals surface area (Å²) in [5.41, 5.74) is 2.61. The van der Waals surface area contributed by atoms with Crippen molar-refractivity contribution in [3.8, 4) is 5.69 Å². The molecule has 2 amide bonds. The Hall–Kier alpha value is -3.35. The Morgan fingerprint density at radius 2 is 1.90 bits per heavy atom. The van der Waals surface area contributed by atoms with Gasteiger partial charge in [-0.25, -0.2) is 4.68 Å². The van der Waals surface area contributed by atoms with Crippen LogP contribution in [0.3, 0.4) is 0 Å². The van der Waals surface area contributed by atoms with E-state index in [0.717, 1.165) is 16.9 Å². The highest BCUT2D eigenvalue weighted by Gasteiger charge is 2.23. The van der Waals surface area contributed by atoms with Gasteiger partial charge in [-0.2, -0.15) is 5.10 Å². The summed E-state index contributed by atoms with van der Waals surface area (Å²) in [6.07, 6.45) is 1.54. The van der Waals surface area contributed by atoms with Crippen LogP contribution in [0.1, 0.15) is 44.7 Å². The van der Waals surface area contributed by atoms with Gasteiger partial charge in [-0.3, -0.25) is 9.59 Å². The molecule has 3 aromatic rings. The van der Waals surface area contributed by atoms with Gasteiger partial charge >= 0.3 is 0 Å². The van der Waals surface area contributed by atoms with Crippen LogP contribution >= 0.6 is 0 Å². The minimum absolute atomic E-state index is 0.0835. The predicted octanol–water partition coefficient (Wildman–Crippen LogP) is 4.06. The van der Waals surface area contributed by atoms with E-state index in [-0.39, 0.29) is 30.3 Å². The topological polar surface area (TPSA) is 80.4 Å². The molecule has 0 saturated heterocycles. The molecule has 0 saturated carbocycles. The Kier molecular flexibility index (Phi) is 6.10. The van der Waals surface area contributed by atoms with Crippen molar-refractivity contribution in [2.24, 2.45) is 0 Å². The maximum Gasteiger partial charge on any atom is 0.245 e. The van der Waals surface area contributed by atoms with E-state index in [1.807, 2.05) is 37.3 Å². The van der Waals surface area contributed by atoms with E-state index in [1.54, 1.807) is 23.1 Å². The molecule has 1 N–H and O–H groups in total. The van der Waals surface area contributed by atoms with Crippen molar-refractivity contribution in [3.05, 3.63) is 65.7 Å². The maximum atomic E-state index is 12.8. The van der Waals surface area contributed by atoms with Gasteiger partial charge in [0.1, 0.15) is 18.1 Å². The molecule has 3 rings (SSSR count). The van der Waals surface area contributed by atoms with Crippen molar-refractivity contribution < 1.29 is 14.0 Å². The fourth-order valence-corrected chi connectivity index (χ4v) is 3.05. The monoisotopic (exact) mass is 408 g/mol. The normalized spacial score (nSPS) is 11.4. The van der Waals surface area contributed by atoms with Crippen molar-refractivity contribution >= 4 is 17.6 Å². The van der Waals surface area contributed by atoms with Crippen LogP contribution in [0.25, 0.3) is 5.69 Å². The van der Waals surface area contributed by atoms with Gasteiger partial charge in [0, 0.05) is 18.4 Å². The van der Waals surface area contributed by atoms with Gasteiger partial charge in [0.05, 0.1) is 24.2 Å². The quantitative estimate of drug-likeness (QED) is 0.667. The average molecular weight is 409 g/mol. The number of hydrogen-bond acceptors (Lipinski definition) is 4. The minimum atomic E-state index is -0.299. The van der Waals surface area contributed by atoms with Crippen LogP contribution < -0.4 is 5.32 Å². The molecule has 2 heterocycles. The van der Waals surface area contributed by atoms with Gasteiger partial charge in [-0.15, -0.1) is 0 Å². The predicted molar refractivity (Wildman–Crippen MR) is 115 cm³/mol. The number of amides is 2. The van der Waals surface area contributed by atoms with Crippen molar-refractivity contribution in [1.82, 2.24) is 14.7 Å². The number of rotatable bonds is 6. The van der Waals surface area contributed by atoms with E-state index in [1.165, 1.54) is 11.8 Å². The van der Waals surface area contributed by atoms with E-state index >= 15 is 0 Å². The number of benzene rings is 1. The lowest BCUT2D eigenvalue weighted by atomic mass is 9.92. The maximum absolute atomic E-state index is 12.8. The van der Waals surface area contributed by atoms with E-state index < -0.39 is 0 Å². The Morgan fingerprint density at radius 3 is 2.50 bits per heavy atom. The summed E-state index contributed by atoms with van der Waals surface area (Å²) >= 11 is 0. The lowest BCUT2D eigenvalue weighted by Crippen LogP contribution is -2.36. The van der Waals surface area contributed by atoms with Crippen molar-refractivity contribution in [2.75, 3.05) is 11.9 Å². The molecule has 0 bridgehead atoms. The molecule has 0 atom stereocenters. The third kappa shape index (κ3) is 4.97. The van der Waals surface area contributed by atoms with E-state index in [2.05, 4.69) is 26.1 Å². The fourth-order valence-electron chi connectivity index (χ4n) is 3.05. The summed E-state index contributed by atoms with van der Waals surface area (Å²) in [5.74, 6) is 0.690. The highest BCUT2D eigenvalue weighted by Crippen LogP contribution is 2.27. The van der Waals surface area contributed by atoms with Crippen LogP contribution in [-0.2, 0) is 21.5 Å². The zero-order chi connectivity index (χ0) is 21.9. The molecule has 7 heteroatoms. The molecule has 158 valence electrons. The Labute approximate surface area is 176 Å². The van der Waals surface area contributed by atoms with Gasteiger partial charge < -0.3 is 14.6 Å². The van der Waals surface area contributed by atoms with Gasteiger partial charge in [0.15, 0.2) is 0 Å². The molecular weight excluding hydrogens is 380 g/mol. The zero-order valence-electron chi connectivity index (χ0n) is 18.1. The second kappa shape index (κ2) is 8.57. The second-order valence-electron chi connectivity index (χ2n) is 8.37. The first kappa shape index (κ1) is 21.4.